The summed E-state index contributed by atoms with van der Waals surface area (Å²) < 4.78 is 0. The smallest absolute Gasteiger partial charge is 0.0358 e. The maximum absolute atomic E-state index is 3.61. The largest absolute Gasteiger partial charge is 0.315 e. The van der Waals surface area contributed by atoms with Crippen molar-refractivity contribution in [2.24, 2.45) is 5.92 Å². The summed E-state index contributed by atoms with van der Waals surface area (Å²) in [5.41, 5.74) is 0.406. The third-order valence-electron chi connectivity index (χ3n) is 4.56. The molecule has 16 heavy (non-hydrogen) atoms. The van der Waals surface area contributed by atoms with Crippen LogP contribution in [0.15, 0.2) is 0 Å². The molecule has 0 aromatic rings. The molecule has 1 aliphatic rings. The first-order valence-corrected chi connectivity index (χ1v) is 6.93. The van der Waals surface area contributed by atoms with Crippen molar-refractivity contribution in [1.82, 2.24) is 10.2 Å². The highest BCUT2D eigenvalue weighted by atomic mass is 15.2. The second-order valence-corrected chi connectivity index (χ2v) is 5.74. The first kappa shape index (κ1) is 14.0. The maximum Gasteiger partial charge on any atom is 0.0358 e. The normalized spacial score (nSPS) is 23.6. The summed E-state index contributed by atoms with van der Waals surface area (Å²) in [6.45, 7) is 4.70. The van der Waals surface area contributed by atoms with E-state index in [-0.39, 0.29) is 0 Å². The Labute approximate surface area is 102 Å². The van der Waals surface area contributed by atoms with Crippen LogP contribution in [0.5, 0.6) is 0 Å². The zero-order valence-electron chi connectivity index (χ0n) is 11.8. The molecule has 1 rings (SSSR count). The Balaban J connectivity index is 2.81. The number of nitrogens with zero attached hydrogens (tertiary/aromatic N) is 1. The Bertz CT molecular complexity index is 195. The van der Waals surface area contributed by atoms with Crippen molar-refractivity contribution >= 4 is 0 Å². The zero-order valence-corrected chi connectivity index (χ0v) is 11.8. The lowest BCUT2D eigenvalue weighted by Gasteiger charge is -2.46. The van der Waals surface area contributed by atoms with E-state index in [1.807, 2.05) is 0 Å². The highest BCUT2D eigenvalue weighted by Crippen LogP contribution is 2.39. The molecule has 1 saturated carbocycles. The summed E-state index contributed by atoms with van der Waals surface area (Å²) in [4.78, 5) is 2.48. The molecule has 2 atom stereocenters. The average molecular weight is 226 g/mol. The quantitative estimate of drug-likeness (QED) is 0.749. The molecule has 0 aromatic heterocycles. The fourth-order valence-electron chi connectivity index (χ4n) is 3.73. The highest BCUT2D eigenvalue weighted by molar-refractivity contribution is 5.03. The monoisotopic (exact) mass is 226 g/mol. The minimum Gasteiger partial charge on any atom is -0.315 e. The molecule has 0 bridgehead atoms. The molecule has 0 saturated heterocycles. The average Bonchev–Trinajstić information content (AvgIpc) is 2.69. The van der Waals surface area contributed by atoms with Crippen molar-refractivity contribution in [2.45, 2.75) is 64.0 Å². The number of likely N-dealkylation sites (N-methyl/N-ethyl adjacent to an activating group) is 2. The van der Waals surface area contributed by atoms with E-state index < -0.39 is 0 Å². The zero-order chi connectivity index (χ0) is 12.2. The van der Waals surface area contributed by atoms with Crippen LogP contribution in [0.25, 0.3) is 0 Å². The van der Waals surface area contributed by atoms with Gasteiger partial charge in [0.25, 0.3) is 0 Å². The second kappa shape index (κ2) is 6.02. The number of hydrogen-bond donors (Lipinski definition) is 1. The van der Waals surface area contributed by atoms with Gasteiger partial charge in [0.1, 0.15) is 0 Å². The summed E-state index contributed by atoms with van der Waals surface area (Å²) in [5, 5.41) is 3.61. The molecule has 0 spiro atoms. The molecule has 96 valence electrons. The Kier molecular flexibility index (Phi) is 5.26. The van der Waals surface area contributed by atoms with Crippen LogP contribution < -0.4 is 5.32 Å². The van der Waals surface area contributed by atoms with E-state index in [4.69, 9.17) is 0 Å². The van der Waals surface area contributed by atoms with Crippen LogP contribution in [0.4, 0.5) is 0 Å². The minimum absolute atomic E-state index is 0.406. The van der Waals surface area contributed by atoms with Gasteiger partial charge in [0, 0.05) is 11.6 Å². The molecule has 0 radical (unpaired) electrons. The Hall–Kier alpha value is -0.0800. The molecule has 1 aliphatic carbocycles. The molecule has 2 heteroatoms. The van der Waals surface area contributed by atoms with Crippen molar-refractivity contribution < 1.29 is 0 Å². The van der Waals surface area contributed by atoms with Crippen LogP contribution in [0.1, 0.15) is 52.4 Å². The lowest BCUT2D eigenvalue weighted by atomic mass is 9.78. The van der Waals surface area contributed by atoms with E-state index in [1.165, 1.54) is 38.5 Å². The van der Waals surface area contributed by atoms with E-state index in [0.717, 1.165) is 5.92 Å². The van der Waals surface area contributed by atoms with Gasteiger partial charge in [0.05, 0.1) is 0 Å². The molecule has 2 nitrogen and oxygen atoms in total. The third kappa shape index (κ3) is 2.60. The van der Waals surface area contributed by atoms with Gasteiger partial charge in [0.15, 0.2) is 0 Å². The maximum atomic E-state index is 3.61. The van der Waals surface area contributed by atoms with Crippen molar-refractivity contribution in [3.8, 4) is 0 Å². The Morgan fingerprint density at radius 3 is 2.19 bits per heavy atom. The van der Waals surface area contributed by atoms with Gasteiger partial charge in [-0.05, 0) is 46.3 Å². The number of hydrogen-bond acceptors (Lipinski definition) is 2. The van der Waals surface area contributed by atoms with Crippen molar-refractivity contribution in [1.29, 1.82) is 0 Å². The van der Waals surface area contributed by atoms with Gasteiger partial charge in [0.2, 0.25) is 0 Å². The molecule has 0 aromatic carbocycles. The van der Waals surface area contributed by atoms with Gasteiger partial charge in [-0.25, -0.2) is 0 Å². The third-order valence-corrected chi connectivity index (χ3v) is 4.56. The van der Waals surface area contributed by atoms with Crippen molar-refractivity contribution in [2.75, 3.05) is 21.1 Å². The summed E-state index contributed by atoms with van der Waals surface area (Å²) in [6, 6.07) is 0.643. The van der Waals surface area contributed by atoms with Crippen LogP contribution in [0, 0.1) is 5.92 Å². The van der Waals surface area contributed by atoms with Gasteiger partial charge in [-0.2, -0.15) is 0 Å². The molecule has 0 amide bonds. The Morgan fingerprint density at radius 1 is 1.25 bits per heavy atom. The SMILES string of the molecule is CCCC(C)C(NC)C1(N(C)C)CCCC1. The summed E-state index contributed by atoms with van der Waals surface area (Å²) in [5.74, 6) is 0.774. The minimum atomic E-state index is 0.406. The molecule has 2 unspecified atom stereocenters. The standard InChI is InChI=1S/C14H30N2/c1-6-9-12(2)13(15-3)14(16(4)5)10-7-8-11-14/h12-13,15H,6-11H2,1-5H3. The first-order chi connectivity index (χ1) is 7.58. The predicted molar refractivity (Wildman–Crippen MR) is 71.8 cm³/mol. The Morgan fingerprint density at radius 2 is 1.81 bits per heavy atom. The molecule has 1 fully saturated rings. The van der Waals surface area contributed by atoms with Crippen LogP contribution in [0.3, 0.4) is 0 Å². The van der Waals surface area contributed by atoms with Crippen molar-refractivity contribution in [3.63, 3.8) is 0 Å². The molecule has 0 heterocycles. The predicted octanol–water partition coefficient (Wildman–Crippen LogP) is 2.89. The van der Waals surface area contributed by atoms with Crippen molar-refractivity contribution in [3.05, 3.63) is 0 Å². The van der Waals surface area contributed by atoms with E-state index in [2.05, 4.69) is 45.2 Å². The van der Waals surface area contributed by atoms with Gasteiger partial charge in [-0.3, -0.25) is 0 Å². The van der Waals surface area contributed by atoms with Crippen LogP contribution in [-0.2, 0) is 0 Å². The lowest BCUT2D eigenvalue weighted by Crippen LogP contribution is -2.59. The molecular weight excluding hydrogens is 196 g/mol. The van der Waals surface area contributed by atoms with E-state index >= 15 is 0 Å². The fraction of sp³-hybridized carbons (Fsp3) is 1.00. The summed E-state index contributed by atoms with van der Waals surface area (Å²) in [6.07, 6.45) is 8.15. The molecule has 1 N–H and O–H groups in total. The van der Waals surface area contributed by atoms with E-state index in [9.17, 15) is 0 Å². The first-order valence-electron chi connectivity index (χ1n) is 6.93. The molecule has 0 aliphatic heterocycles. The van der Waals surface area contributed by atoms with Gasteiger partial charge < -0.3 is 10.2 Å². The highest BCUT2D eigenvalue weighted by Gasteiger charge is 2.44. The van der Waals surface area contributed by atoms with Gasteiger partial charge in [-0.15, -0.1) is 0 Å². The number of rotatable bonds is 6. The second-order valence-electron chi connectivity index (χ2n) is 5.74. The summed E-state index contributed by atoms with van der Waals surface area (Å²) >= 11 is 0. The van der Waals surface area contributed by atoms with Gasteiger partial charge >= 0.3 is 0 Å². The fourth-order valence-corrected chi connectivity index (χ4v) is 3.73. The van der Waals surface area contributed by atoms with Crippen LogP contribution in [0.2, 0.25) is 0 Å². The van der Waals surface area contributed by atoms with E-state index in [1.54, 1.807) is 0 Å². The number of nitrogens with one attached hydrogen (secondary N) is 1. The lowest BCUT2D eigenvalue weighted by molar-refractivity contribution is 0.0790. The summed E-state index contributed by atoms with van der Waals surface area (Å²) in [7, 11) is 6.66. The molecular formula is C14H30N2. The van der Waals surface area contributed by atoms with E-state index in [0.29, 0.717) is 11.6 Å². The van der Waals surface area contributed by atoms with Crippen LogP contribution >= 0.6 is 0 Å². The van der Waals surface area contributed by atoms with Gasteiger partial charge in [-0.1, -0.05) is 33.1 Å². The topological polar surface area (TPSA) is 15.3 Å². The van der Waals surface area contributed by atoms with Crippen LogP contribution in [-0.4, -0.2) is 37.6 Å².